The van der Waals surface area contributed by atoms with Gasteiger partial charge in [-0.15, -0.1) is 0 Å². The summed E-state index contributed by atoms with van der Waals surface area (Å²) >= 11 is 0. The SMILES string of the molecule is CCn1nccc1CNc1ccc(S(=O)(=O)N(C)C)cc1. The minimum Gasteiger partial charge on any atom is -0.379 e. The van der Waals surface area contributed by atoms with Crippen LogP contribution in [0.5, 0.6) is 0 Å². The van der Waals surface area contributed by atoms with E-state index in [1.807, 2.05) is 17.7 Å². The van der Waals surface area contributed by atoms with Crippen LogP contribution in [0.4, 0.5) is 5.69 Å². The fourth-order valence-electron chi connectivity index (χ4n) is 1.94. The Hall–Kier alpha value is -1.86. The van der Waals surface area contributed by atoms with Crippen LogP contribution in [0.1, 0.15) is 12.6 Å². The normalized spacial score (nSPS) is 11.8. The van der Waals surface area contributed by atoms with Crippen molar-refractivity contribution in [2.45, 2.75) is 24.9 Å². The molecule has 2 aromatic rings. The van der Waals surface area contributed by atoms with E-state index in [1.54, 1.807) is 30.5 Å². The summed E-state index contributed by atoms with van der Waals surface area (Å²) in [5.74, 6) is 0. The molecule has 6 nitrogen and oxygen atoms in total. The van der Waals surface area contributed by atoms with Crippen LogP contribution in [0.15, 0.2) is 41.4 Å². The highest BCUT2D eigenvalue weighted by atomic mass is 32.2. The largest absolute Gasteiger partial charge is 0.379 e. The fourth-order valence-corrected chi connectivity index (χ4v) is 2.84. The lowest BCUT2D eigenvalue weighted by Gasteiger charge is -2.12. The standard InChI is InChI=1S/C14H20N4O2S/c1-4-18-13(9-10-16-18)11-15-12-5-7-14(8-6-12)21(19,20)17(2)3/h5-10,15H,4,11H2,1-3H3. The smallest absolute Gasteiger partial charge is 0.242 e. The number of nitrogens with one attached hydrogen (secondary N) is 1. The summed E-state index contributed by atoms with van der Waals surface area (Å²) in [7, 11) is -0.329. The second-order valence-electron chi connectivity index (χ2n) is 4.80. The third-order valence-corrected chi connectivity index (χ3v) is 5.04. The molecule has 0 saturated carbocycles. The van der Waals surface area contributed by atoms with Crippen molar-refractivity contribution in [3.63, 3.8) is 0 Å². The first kappa shape index (κ1) is 15.5. The summed E-state index contributed by atoms with van der Waals surface area (Å²) in [6.45, 7) is 3.51. The lowest BCUT2D eigenvalue weighted by atomic mass is 10.3. The molecule has 1 heterocycles. The van der Waals surface area contributed by atoms with Crippen molar-refractivity contribution in [3.8, 4) is 0 Å². The van der Waals surface area contributed by atoms with Gasteiger partial charge < -0.3 is 5.32 Å². The van der Waals surface area contributed by atoms with Crippen LogP contribution in [0.25, 0.3) is 0 Å². The van der Waals surface area contributed by atoms with Gasteiger partial charge in [0.05, 0.1) is 17.1 Å². The summed E-state index contributed by atoms with van der Waals surface area (Å²) in [6, 6.07) is 8.71. The Morgan fingerprint density at radius 1 is 1.19 bits per heavy atom. The van der Waals surface area contributed by atoms with E-state index in [4.69, 9.17) is 0 Å². The first-order valence-electron chi connectivity index (χ1n) is 6.72. The van der Waals surface area contributed by atoms with E-state index in [1.165, 1.54) is 18.4 Å². The Morgan fingerprint density at radius 2 is 1.86 bits per heavy atom. The topological polar surface area (TPSA) is 67.2 Å². The Balaban J connectivity index is 2.07. The van der Waals surface area contributed by atoms with E-state index in [9.17, 15) is 8.42 Å². The number of rotatable bonds is 6. The quantitative estimate of drug-likeness (QED) is 0.883. The molecule has 0 radical (unpaired) electrons. The summed E-state index contributed by atoms with van der Waals surface area (Å²) < 4.78 is 27.0. The van der Waals surface area contributed by atoms with Crippen LogP contribution in [0.2, 0.25) is 0 Å². The predicted molar refractivity (Wildman–Crippen MR) is 82.5 cm³/mol. The highest BCUT2D eigenvalue weighted by molar-refractivity contribution is 7.89. The first-order valence-corrected chi connectivity index (χ1v) is 8.16. The van der Waals surface area contributed by atoms with Gasteiger partial charge in [0, 0.05) is 32.5 Å². The maximum atomic E-state index is 12.0. The number of benzene rings is 1. The minimum atomic E-state index is -3.37. The number of anilines is 1. The van der Waals surface area contributed by atoms with Crippen molar-refractivity contribution in [1.82, 2.24) is 14.1 Å². The third kappa shape index (κ3) is 3.43. The molecule has 0 unspecified atom stereocenters. The van der Waals surface area contributed by atoms with Crippen molar-refractivity contribution >= 4 is 15.7 Å². The van der Waals surface area contributed by atoms with E-state index in [0.29, 0.717) is 6.54 Å². The molecule has 0 fully saturated rings. The second-order valence-corrected chi connectivity index (χ2v) is 6.96. The van der Waals surface area contributed by atoms with Gasteiger partial charge in [-0.3, -0.25) is 4.68 Å². The molecule has 0 spiro atoms. The van der Waals surface area contributed by atoms with Crippen molar-refractivity contribution in [1.29, 1.82) is 0 Å². The number of hydrogen-bond donors (Lipinski definition) is 1. The van der Waals surface area contributed by atoms with Gasteiger partial charge in [-0.05, 0) is 37.3 Å². The van der Waals surface area contributed by atoms with Gasteiger partial charge in [-0.2, -0.15) is 5.10 Å². The lowest BCUT2D eigenvalue weighted by molar-refractivity contribution is 0.521. The van der Waals surface area contributed by atoms with Crippen molar-refractivity contribution in [2.24, 2.45) is 0 Å². The lowest BCUT2D eigenvalue weighted by Crippen LogP contribution is -2.22. The molecule has 0 amide bonds. The first-order chi connectivity index (χ1) is 9.95. The average Bonchev–Trinajstić information content (AvgIpc) is 2.92. The molecule has 1 aromatic heterocycles. The molecule has 0 saturated heterocycles. The van der Waals surface area contributed by atoms with E-state index in [-0.39, 0.29) is 4.90 Å². The third-order valence-electron chi connectivity index (χ3n) is 3.21. The zero-order valence-corrected chi connectivity index (χ0v) is 13.3. The molecular formula is C14H20N4O2S. The van der Waals surface area contributed by atoms with Crippen LogP contribution in [0, 0.1) is 0 Å². The molecule has 7 heteroatoms. The highest BCUT2D eigenvalue weighted by Crippen LogP contribution is 2.17. The summed E-state index contributed by atoms with van der Waals surface area (Å²) in [5.41, 5.74) is 1.96. The number of hydrogen-bond acceptors (Lipinski definition) is 4. The number of nitrogens with zero attached hydrogens (tertiary/aromatic N) is 3. The minimum absolute atomic E-state index is 0.289. The summed E-state index contributed by atoms with van der Waals surface area (Å²) in [6.07, 6.45) is 1.77. The second kappa shape index (κ2) is 6.28. The van der Waals surface area contributed by atoms with Crippen LogP contribution in [-0.4, -0.2) is 36.6 Å². The Bertz CT molecular complexity index is 690. The van der Waals surface area contributed by atoms with Crippen molar-refractivity contribution in [3.05, 3.63) is 42.2 Å². The monoisotopic (exact) mass is 308 g/mol. The van der Waals surface area contributed by atoms with Crippen LogP contribution < -0.4 is 5.32 Å². The molecule has 0 atom stereocenters. The Labute approximate surface area is 125 Å². The Morgan fingerprint density at radius 3 is 2.43 bits per heavy atom. The zero-order valence-electron chi connectivity index (χ0n) is 12.4. The highest BCUT2D eigenvalue weighted by Gasteiger charge is 2.16. The van der Waals surface area contributed by atoms with Gasteiger partial charge in [0.2, 0.25) is 10.0 Å². The molecular weight excluding hydrogens is 288 g/mol. The van der Waals surface area contributed by atoms with Gasteiger partial charge in [0.25, 0.3) is 0 Å². The van der Waals surface area contributed by atoms with E-state index >= 15 is 0 Å². The predicted octanol–water partition coefficient (Wildman–Crippen LogP) is 1.77. The average molecular weight is 308 g/mol. The van der Waals surface area contributed by atoms with Crippen LogP contribution in [-0.2, 0) is 23.1 Å². The number of aryl methyl sites for hydroxylation is 1. The van der Waals surface area contributed by atoms with Crippen molar-refractivity contribution < 1.29 is 8.42 Å². The molecule has 114 valence electrons. The molecule has 0 aliphatic rings. The fraction of sp³-hybridized carbons (Fsp3) is 0.357. The maximum absolute atomic E-state index is 12.0. The van der Waals surface area contributed by atoms with Gasteiger partial charge >= 0.3 is 0 Å². The van der Waals surface area contributed by atoms with Crippen LogP contribution in [0.3, 0.4) is 0 Å². The van der Waals surface area contributed by atoms with Gasteiger partial charge in [0.1, 0.15) is 0 Å². The van der Waals surface area contributed by atoms with E-state index in [0.717, 1.165) is 17.9 Å². The summed E-state index contributed by atoms with van der Waals surface area (Å²) in [5, 5.41) is 7.47. The molecule has 21 heavy (non-hydrogen) atoms. The maximum Gasteiger partial charge on any atom is 0.242 e. The molecule has 0 aliphatic carbocycles. The summed E-state index contributed by atoms with van der Waals surface area (Å²) in [4.78, 5) is 0.289. The van der Waals surface area contributed by atoms with E-state index < -0.39 is 10.0 Å². The van der Waals surface area contributed by atoms with Gasteiger partial charge in [-0.1, -0.05) is 0 Å². The number of sulfonamides is 1. The molecule has 0 bridgehead atoms. The zero-order chi connectivity index (χ0) is 15.5. The van der Waals surface area contributed by atoms with Gasteiger partial charge in [-0.25, -0.2) is 12.7 Å². The van der Waals surface area contributed by atoms with E-state index in [2.05, 4.69) is 10.4 Å². The van der Waals surface area contributed by atoms with Crippen LogP contribution >= 0.6 is 0 Å². The molecule has 1 N–H and O–H groups in total. The molecule has 0 aliphatic heterocycles. The Kier molecular flexibility index (Phi) is 4.64. The molecule has 1 aromatic carbocycles. The van der Waals surface area contributed by atoms with Crippen molar-refractivity contribution in [2.75, 3.05) is 19.4 Å². The van der Waals surface area contributed by atoms with Gasteiger partial charge in [0.15, 0.2) is 0 Å². The molecule has 2 rings (SSSR count). The number of aromatic nitrogens is 2.